The van der Waals surface area contributed by atoms with E-state index in [0.717, 1.165) is 0 Å². The first kappa shape index (κ1) is 15.2. The molecule has 1 saturated heterocycles. The summed E-state index contributed by atoms with van der Waals surface area (Å²) in [5.74, 6) is 0.00926. The number of nitrogens with zero attached hydrogens (tertiary/aromatic N) is 2. The number of anilines is 1. The van der Waals surface area contributed by atoms with E-state index in [0.29, 0.717) is 25.2 Å². The summed E-state index contributed by atoms with van der Waals surface area (Å²) in [6.45, 7) is -0.147. The van der Waals surface area contributed by atoms with Crippen LogP contribution in [0.4, 0.5) is 15.0 Å². The Morgan fingerprint density at radius 3 is 3.05 bits per heavy atom. The molecule has 0 radical (unpaired) electrons. The molecular formula is C14H18FN3O3. The van der Waals surface area contributed by atoms with E-state index in [1.807, 2.05) is 0 Å². The van der Waals surface area contributed by atoms with Gasteiger partial charge in [0.2, 0.25) is 5.91 Å². The van der Waals surface area contributed by atoms with Crippen molar-refractivity contribution in [1.29, 1.82) is 0 Å². The Hall–Kier alpha value is -2.18. The zero-order valence-electron chi connectivity index (χ0n) is 11.6. The predicted octanol–water partition coefficient (Wildman–Crippen LogP) is 1.84. The van der Waals surface area contributed by atoms with E-state index in [2.05, 4.69) is 10.3 Å². The summed E-state index contributed by atoms with van der Waals surface area (Å²) >= 11 is 0. The van der Waals surface area contributed by atoms with Gasteiger partial charge in [-0.1, -0.05) is 6.07 Å². The van der Waals surface area contributed by atoms with Gasteiger partial charge in [-0.25, -0.2) is 14.2 Å². The minimum atomic E-state index is -0.705. The van der Waals surface area contributed by atoms with E-state index in [-0.39, 0.29) is 25.0 Å². The lowest BCUT2D eigenvalue weighted by atomic mass is 9.97. The number of halogens is 1. The van der Waals surface area contributed by atoms with E-state index in [4.69, 9.17) is 4.74 Å². The van der Waals surface area contributed by atoms with Crippen molar-refractivity contribution in [1.82, 2.24) is 9.88 Å². The van der Waals surface area contributed by atoms with Crippen molar-refractivity contribution < 1.29 is 18.7 Å². The molecule has 1 aromatic rings. The molecule has 1 aliphatic heterocycles. The summed E-state index contributed by atoms with van der Waals surface area (Å²) in [5.41, 5.74) is 0. The molecule has 1 unspecified atom stereocenters. The van der Waals surface area contributed by atoms with Crippen LogP contribution in [0.15, 0.2) is 24.4 Å². The van der Waals surface area contributed by atoms with Crippen molar-refractivity contribution in [3.05, 3.63) is 24.4 Å². The summed E-state index contributed by atoms with van der Waals surface area (Å²) in [4.78, 5) is 29.3. The van der Waals surface area contributed by atoms with Crippen molar-refractivity contribution in [2.45, 2.75) is 12.8 Å². The fraction of sp³-hybridized carbons (Fsp3) is 0.500. The van der Waals surface area contributed by atoms with Gasteiger partial charge in [-0.3, -0.25) is 4.79 Å². The third-order valence-corrected chi connectivity index (χ3v) is 3.27. The van der Waals surface area contributed by atoms with Crippen LogP contribution in [0.2, 0.25) is 0 Å². The molecule has 0 saturated carbocycles. The molecule has 1 aromatic heterocycles. The molecule has 114 valence electrons. The van der Waals surface area contributed by atoms with E-state index in [9.17, 15) is 14.0 Å². The van der Waals surface area contributed by atoms with E-state index in [1.165, 1.54) is 4.90 Å². The maximum Gasteiger partial charge on any atom is 0.409 e. The van der Waals surface area contributed by atoms with Crippen LogP contribution in [-0.4, -0.2) is 48.3 Å². The average molecular weight is 295 g/mol. The standard InChI is InChI=1S/C14H18FN3O3/c15-6-9-21-14(20)18-8-3-4-11(10-18)13(19)17-12-5-1-2-7-16-12/h1-2,5,7,11H,3-4,6,8-10H2,(H,16,17,19). The highest BCUT2D eigenvalue weighted by atomic mass is 19.1. The van der Waals surface area contributed by atoms with Crippen LogP contribution < -0.4 is 5.32 Å². The third-order valence-electron chi connectivity index (χ3n) is 3.27. The molecule has 0 aromatic carbocycles. The molecule has 0 aliphatic carbocycles. The number of piperidine rings is 1. The van der Waals surface area contributed by atoms with Gasteiger partial charge in [0.25, 0.3) is 0 Å². The molecule has 6 nitrogen and oxygen atoms in total. The number of alkyl halides is 1. The lowest BCUT2D eigenvalue weighted by Crippen LogP contribution is -2.44. The van der Waals surface area contributed by atoms with Crippen LogP contribution in [0, 0.1) is 5.92 Å². The number of ether oxygens (including phenoxy) is 1. The van der Waals surface area contributed by atoms with Crippen molar-refractivity contribution >= 4 is 17.8 Å². The van der Waals surface area contributed by atoms with Crippen LogP contribution in [0.5, 0.6) is 0 Å². The van der Waals surface area contributed by atoms with Crippen molar-refractivity contribution in [2.24, 2.45) is 5.92 Å². The second kappa shape index (κ2) is 7.56. The predicted molar refractivity (Wildman–Crippen MR) is 74.5 cm³/mol. The lowest BCUT2D eigenvalue weighted by molar-refractivity contribution is -0.121. The fourth-order valence-electron chi connectivity index (χ4n) is 2.24. The van der Waals surface area contributed by atoms with Crippen LogP contribution in [0.25, 0.3) is 0 Å². The Balaban J connectivity index is 1.88. The normalized spacial score (nSPS) is 18.1. The molecule has 0 spiro atoms. The quantitative estimate of drug-likeness (QED) is 0.920. The molecule has 1 atom stereocenters. The maximum atomic E-state index is 12.2. The molecule has 21 heavy (non-hydrogen) atoms. The second-order valence-corrected chi connectivity index (χ2v) is 4.79. The van der Waals surface area contributed by atoms with Crippen LogP contribution in [-0.2, 0) is 9.53 Å². The van der Waals surface area contributed by atoms with Crippen LogP contribution in [0.1, 0.15) is 12.8 Å². The highest BCUT2D eigenvalue weighted by molar-refractivity contribution is 5.92. The second-order valence-electron chi connectivity index (χ2n) is 4.79. The van der Waals surface area contributed by atoms with E-state index >= 15 is 0 Å². The number of carbonyl (C=O) groups excluding carboxylic acids is 2. The number of hydrogen-bond donors (Lipinski definition) is 1. The Morgan fingerprint density at radius 1 is 1.48 bits per heavy atom. The lowest BCUT2D eigenvalue weighted by Gasteiger charge is -2.31. The van der Waals surface area contributed by atoms with Gasteiger partial charge in [0.1, 0.15) is 19.1 Å². The molecule has 1 fully saturated rings. The minimum absolute atomic E-state index is 0.170. The van der Waals surface area contributed by atoms with Gasteiger partial charge in [0.15, 0.2) is 0 Å². The highest BCUT2D eigenvalue weighted by Gasteiger charge is 2.29. The van der Waals surface area contributed by atoms with Crippen molar-refractivity contribution in [3.8, 4) is 0 Å². The Morgan fingerprint density at radius 2 is 2.33 bits per heavy atom. The molecule has 2 rings (SSSR count). The topological polar surface area (TPSA) is 71.5 Å². The van der Waals surface area contributed by atoms with Crippen LogP contribution in [0.3, 0.4) is 0 Å². The molecule has 2 heterocycles. The number of nitrogens with one attached hydrogen (secondary N) is 1. The van der Waals surface area contributed by atoms with Gasteiger partial charge in [-0.15, -0.1) is 0 Å². The van der Waals surface area contributed by atoms with Gasteiger partial charge in [0.05, 0.1) is 5.92 Å². The van der Waals surface area contributed by atoms with Gasteiger partial charge >= 0.3 is 6.09 Å². The molecule has 1 aliphatic rings. The molecule has 0 bridgehead atoms. The first-order valence-corrected chi connectivity index (χ1v) is 6.90. The minimum Gasteiger partial charge on any atom is -0.447 e. The fourth-order valence-corrected chi connectivity index (χ4v) is 2.24. The van der Waals surface area contributed by atoms with Gasteiger partial charge in [-0.05, 0) is 25.0 Å². The first-order valence-electron chi connectivity index (χ1n) is 6.90. The average Bonchev–Trinajstić information content (AvgIpc) is 2.53. The van der Waals surface area contributed by atoms with Gasteiger partial charge in [0, 0.05) is 19.3 Å². The monoisotopic (exact) mass is 295 g/mol. The molecule has 1 N–H and O–H groups in total. The number of likely N-dealkylation sites (tertiary alicyclic amines) is 1. The van der Waals surface area contributed by atoms with E-state index in [1.54, 1.807) is 24.4 Å². The number of pyridine rings is 1. The van der Waals surface area contributed by atoms with E-state index < -0.39 is 12.8 Å². The Kier molecular flexibility index (Phi) is 5.48. The highest BCUT2D eigenvalue weighted by Crippen LogP contribution is 2.18. The first-order chi connectivity index (χ1) is 10.2. The number of rotatable bonds is 4. The number of amides is 2. The van der Waals surface area contributed by atoms with Gasteiger partial charge in [-0.2, -0.15) is 0 Å². The number of hydrogen-bond acceptors (Lipinski definition) is 4. The smallest absolute Gasteiger partial charge is 0.409 e. The summed E-state index contributed by atoms with van der Waals surface area (Å²) in [5, 5.41) is 2.73. The summed E-state index contributed by atoms with van der Waals surface area (Å²) in [7, 11) is 0. The Bertz CT molecular complexity index is 484. The number of carbonyl (C=O) groups is 2. The zero-order valence-corrected chi connectivity index (χ0v) is 11.6. The SMILES string of the molecule is O=C(Nc1ccccn1)C1CCCN(C(=O)OCCF)C1. The largest absolute Gasteiger partial charge is 0.447 e. The number of aromatic nitrogens is 1. The van der Waals surface area contributed by atoms with Gasteiger partial charge < -0.3 is 15.0 Å². The van der Waals surface area contributed by atoms with Crippen molar-refractivity contribution in [2.75, 3.05) is 31.7 Å². The molecule has 7 heteroatoms. The summed E-state index contributed by atoms with van der Waals surface area (Å²) < 4.78 is 16.7. The summed E-state index contributed by atoms with van der Waals surface area (Å²) in [6.07, 6.45) is 2.44. The molecule has 2 amide bonds. The molecular weight excluding hydrogens is 277 g/mol. The zero-order chi connectivity index (χ0) is 15.1. The third kappa shape index (κ3) is 4.40. The maximum absolute atomic E-state index is 12.2. The summed E-state index contributed by atoms with van der Waals surface area (Å²) in [6, 6.07) is 5.25. The van der Waals surface area contributed by atoms with Crippen molar-refractivity contribution in [3.63, 3.8) is 0 Å². The van der Waals surface area contributed by atoms with Crippen LogP contribution >= 0.6 is 0 Å². The Labute approximate surface area is 122 Å².